The second-order valence-electron chi connectivity index (χ2n) is 13.0. The van der Waals surface area contributed by atoms with Gasteiger partial charge in [-0.05, 0) is 94.9 Å². The van der Waals surface area contributed by atoms with Crippen LogP contribution in [-0.2, 0) is 31.1 Å². The minimum absolute atomic E-state index is 0.0347. The Kier molecular flexibility index (Phi) is 7.11. The smallest absolute Gasteiger partial charge is 0.316 e. The monoisotopic (exact) mass is 684 g/mol. The van der Waals surface area contributed by atoms with E-state index in [0.717, 1.165) is 28.7 Å². The molecule has 11 nitrogen and oxygen atoms in total. The SMILES string of the molecule is COC(=O)C1(c2cncc(-c3ccc4c(c3)c(C(C)=O)nn4CC(=O)N3[C@H](C(=O)Nc4nc(Br)ccc4C)C[C@@]4(C)C[C@@H]34)c2)CC1. The Morgan fingerprint density at radius 2 is 1.85 bits per heavy atom. The number of esters is 1. The van der Waals surface area contributed by atoms with Crippen LogP contribution in [0.1, 0.15) is 61.1 Å². The molecule has 4 aromatic rings. The molecule has 0 bridgehead atoms. The Morgan fingerprint density at radius 3 is 2.57 bits per heavy atom. The van der Waals surface area contributed by atoms with Crippen molar-refractivity contribution in [2.24, 2.45) is 5.41 Å². The van der Waals surface area contributed by atoms with Gasteiger partial charge >= 0.3 is 5.97 Å². The van der Waals surface area contributed by atoms with Crippen LogP contribution >= 0.6 is 15.9 Å². The molecule has 3 aromatic heterocycles. The van der Waals surface area contributed by atoms with Crippen molar-refractivity contribution in [3.8, 4) is 11.1 Å². The number of carbonyl (C=O) groups is 4. The van der Waals surface area contributed by atoms with Gasteiger partial charge in [-0.3, -0.25) is 28.8 Å². The second-order valence-corrected chi connectivity index (χ2v) is 13.8. The minimum atomic E-state index is -0.660. The van der Waals surface area contributed by atoms with Gasteiger partial charge in [0.05, 0.1) is 18.0 Å². The quantitative estimate of drug-likeness (QED) is 0.156. The summed E-state index contributed by atoms with van der Waals surface area (Å²) in [4.78, 5) is 63.2. The summed E-state index contributed by atoms with van der Waals surface area (Å²) in [5.74, 6) is -0.547. The fourth-order valence-corrected chi connectivity index (χ4v) is 7.24. The van der Waals surface area contributed by atoms with Crippen LogP contribution in [0.25, 0.3) is 22.0 Å². The highest BCUT2D eigenvalue weighted by atomic mass is 79.9. The maximum atomic E-state index is 13.9. The lowest BCUT2D eigenvalue weighted by molar-refractivity contribution is -0.143. The van der Waals surface area contributed by atoms with Gasteiger partial charge < -0.3 is 15.0 Å². The summed E-state index contributed by atoms with van der Waals surface area (Å²) >= 11 is 3.36. The van der Waals surface area contributed by atoms with Gasteiger partial charge in [-0.2, -0.15) is 5.10 Å². The molecule has 12 heteroatoms. The number of rotatable bonds is 8. The fraction of sp³-hybridized carbons (Fsp3) is 0.382. The normalized spacial score (nSPS) is 22.3. The number of aromatic nitrogens is 4. The number of halogens is 1. The lowest BCUT2D eigenvalue weighted by Crippen LogP contribution is -2.47. The third kappa shape index (κ3) is 4.99. The fourth-order valence-electron chi connectivity index (χ4n) is 6.93. The minimum Gasteiger partial charge on any atom is -0.468 e. The number of nitrogens with one attached hydrogen (secondary N) is 1. The molecule has 1 saturated heterocycles. The highest BCUT2D eigenvalue weighted by Crippen LogP contribution is 2.59. The van der Waals surface area contributed by atoms with Gasteiger partial charge in [-0.15, -0.1) is 0 Å². The molecule has 3 aliphatic rings. The average Bonchev–Trinajstić information content (AvgIpc) is 3.92. The standard InChI is InChI=1S/C34H33BrN6O5/c1-18-5-8-27(35)37-30(18)38-31(44)25-13-33(3)14-26(33)41(25)28(43)17-40-24-7-6-20(12-23(24)29(39-40)19(2)42)21-11-22(16-36-15-21)34(9-10-34)32(45)46-4/h5-8,11-12,15-16,25-26H,9-10,13-14,17H2,1-4H3,(H,37,38,44)/t25-,26+,33-/m0/s1. The zero-order chi connectivity index (χ0) is 32.5. The average molecular weight is 686 g/mol. The van der Waals surface area contributed by atoms with Crippen molar-refractivity contribution in [3.63, 3.8) is 0 Å². The molecule has 46 heavy (non-hydrogen) atoms. The van der Waals surface area contributed by atoms with Crippen LogP contribution in [0.15, 0.2) is 53.4 Å². The number of piperidine rings is 1. The summed E-state index contributed by atoms with van der Waals surface area (Å²) in [6.45, 7) is 5.30. The molecule has 2 saturated carbocycles. The van der Waals surface area contributed by atoms with Crippen LogP contribution in [0.5, 0.6) is 0 Å². The van der Waals surface area contributed by atoms with Gasteiger partial charge in [0.2, 0.25) is 11.8 Å². The van der Waals surface area contributed by atoms with Crippen LogP contribution in [0.2, 0.25) is 0 Å². The summed E-state index contributed by atoms with van der Waals surface area (Å²) < 4.78 is 7.20. The van der Waals surface area contributed by atoms with Gasteiger partial charge in [0, 0.05) is 36.3 Å². The van der Waals surface area contributed by atoms with Crippen LogP contribution in [0, 0.1) is 12.3 Å². The number of amides is 2. The number of hydrogen-bond acceptors (Lipinski definition) is 8. The van der Waals surface area contributed by atoms with Crippen molar-refractivity contribution in [2.45, 2.75) is 70.5 Å². The van der Waals surface area contributed by atoms with E-state index in [2.05, 4.69) is 43.2 Å². The van der Waals surface area contributed by atoms with Crippen molar-refractivity contribution in [2.75, 3.05) is 12.4 Å². The van der Waals surface area contributed by atoms with Gasteiger partial charge in [0.25, 0.3) is 0 Å². The van der Waals surface area contributed by atoms with Gasteiger partial charge in [-0.25, -0.2) is 4.98 Å². The van der Waals surface area contributed by atoms with Crippen LogP contribution in [0.3, 0.4) is 0 Å². The summed E-state index contributed by atoms with van der Waals surface area (Å²) in [5.41, 5.74) is 3.33. The van der Waals surface area contributed by atoms with E-state index < -0.39 is 11.5 Å². The van der Waals surface area contributed by atoms with E-state index in [-0.39, 0.29) is 47.3 Å². The van der Waals surface area contributed by atoms with E-state index in [0.29, 0.717) is 40.6 Å². The van der Waals surface area contributed by atoms with E-state index >= 15 is 0 Å². The van der Waals surface area contributed by atoms with Crippen molar-refractivity contribution in [1.29, 1.82) is 0 Å². The Morgan fingerprint density at radius 1 is 1.07 bits per heavy atom. The number of hydrogen-bond donors (Lipinski definition) is 1. The number of fused-ring (bicyclic) bond motifs is 2. The Balaban J connectivity index is 1.17. The predicted octanol–water partition coefficient (Wildman–Crippen LogP) is 4.99. The third-order valence-electron chi connectivity index (χ3n) is 9.85. The molecule has 2 amide bonds. The molecule has 236 valence electrons. The van der Waals surface area contributed by atoms with Gasteiger partial charge in [-0.1, -0.05) is 19.1 Å². The molecule has 4 heterocycles. The van der Waals surface area contributed by atoms with Crippen molar-refractivity contribution in [1.82, 2.24) is 24.6 Å². The molecule has 1 aliphatic heterocycles. The summed E-state index contributed by atoms with van der Waals surface area (Å²) in [6, 6.07) is 10.5. The number of ketones is 1. The number of anilines is 1. The third-order valence-corrected chi connectivity index (χ3v) is 10.3. The highest BCUT2D eigenvalue weighted by Gasteiger charge is 2.64. The maximum Gasteiger partial charge on any atom is 0.316 e. The number of benzene rings is 1. The predicted molar refractivity (Wildman–Crippen MR) is 173 cm³/mol. The number of Topliss-reactive ketones (excluding diaryl/α,β-unsaturated/α-hetero) is 1. The zero-order valence-electron chi connectivity index (χ0n) is 26.0. The van der Waals surface area contributed by atoms with E-state index in [1.807, 2.05) is 43.3 Å². The summed E-state index contributed by atoms with van der Waals surface area (Å²) in [5, 5.41) is 8.11. The molecule has 0 spiro atoms. The van der Waals surface area contributed by atoms with Crippen LogP contribution < -0.4 is 5.32 Å². The summed E-state index contributed by atoms with van der Waals surface area (Å²) in [6.07, 6.45) is 6.23. The Labute approximate surface area is 273 Å². The molecule has 3 atom stereocenters. The first-order valence-electron chi connectivity index (χ1n) is 15.2. The van der Waals surface area contributed by atoms with Gasteiger partial charge in [0.1, 0.15) is 28.7 Å². The summed E-state index contributed by atoms with van der Waals surface area (Å²) in [7, 11) is 1.39. The van der Waals surface area contributed by atoms with Crippen molar-refractivity contribution in [3.05, 3.63) is 70.2 Å². The lowest BCUT2D eigenvalue weighted by atomic mass is 9.94. The topological polar surface area (TPSA) is 136 Å². The first-order valence-corrected chi connectivity index (χ1v) is 16.0. The van der Waals surface area contributed by atoms with E-state index in [1.165, 1.54) is 14.0 Å². The number of aryl methyl sites for hydroxylation is 1. The number of carbonyl (C=O) groups excluding carboxylic acids is 4. The molecule has 1 aromatic carbocycles. The first-order chi connectivity index (χ1) is 21.9. The molecular formula is C34H33BrN6O5. The molecule has 1 N–H and O–H groups in total. The van der Waals surface area contributed by atoms with Crippen molar-refractivity contribution >= 4 is 56.2 Å². The van der Waals surface area contributed by atoms with E-state index in [4.69, 9.17) is 4.74 Å². The van der Waals surface area contributed by atoms with Crippen LogP contribution in [-0.4, -0.2) is 67.4 Å². The lowest BCUT2D eigenvalue weighted by Gasteiger charge is -2.27. The molecular weight excluding hydrogens is 652 g/mol. The van der Waals surface area contributed by atoms with Crippen LogP contribution in [0.4, 0.5) is 5.82 Å². The van der Waals surface area contributed by atoms with Gasteiger partial charge in [0.15, 0.2) is 5.78 Å². The number of likely N-dealkylation sites (tertiary alicyclic amines) is 1. The van der Waals surface area contributed by atoms with Crippen molar-refractivity contribution < 1.29 is 23.9 Å². The second kappa shape index (κ2) is 10.8. The maximum absolute atomic E-state index is 13.9. The van der Waals surface area contributed by atoms with E-state index in [9.17, 15) is 19.2 Å². The number of methoxy groups -OCH3 is 1. The largest absolute Gasteiger partial charge is 0.468 e. The zero-order valence-corrected chi connectivity index (χ0v) is 27.6. The molecule has 0 unspecified atom stereocenters. The molecule has 7 rings (SSSR count). The molecule has 2 aliphatic carbocycles. The number of ether oxygens (including phenoxy) is 1. The number of nitrogens with zero attached hydrogens (tertiary/aromatic N) is 5. The molecule has 3 fully saturated rings. The highest BCUT2D eigenvalue weighted by molar-refractivity contribution is 9.10. The Bertz CT molecular complexity index is 1970. The number of pyridine rings is 2. The first kappa shape index (κ1) is 30.2. The Hall–Kier alpha value is -4.45. The molecule has 0 radical (unpaired) electrons. The van der Waals surface area contributed by atoms with E-state index in [1.54, 1.807) is 22.0 Å².